The minimum Gasteiger partial charge on any atom is -0.341 e. The van der Waals surface area contributed by atoms with E-state index in [1.807, 2.05) is 55.5 Å². The lowest BCUT2D eigenvalue weighted by molar-refractivity contribution is 0.0958. The van der Waals surface area contributed by atoms with Crippen molar-refractivity contribution in [2.24, 2.45) is 0 Å². The summed E-state index contributed by atoms with van der Waals surface area (Å²) in [5, 5.41) is 12.3. The van der Waals surface area contributed by atoms with Gasteiger partial charge in [0, 0.05) is 55.7 Å². The Bertz CT molecular complexity index is 1250. The Kier molecular flexibility index (Phi) is 7.95. The molecule has 1 fully saturated rings. The molecule has 1 aliphatic heterocycles. The zero-order valence-corrected chi connectivity index (χ0v) is 20.3. The van der Waals surface area contributed by atoms with Crippen molar-refractivity contribution in [3.63, 3.8) is 0 Å². The third-order valence-corrected chi connectivity index (χ3v) is 6.24. The molecule has 0 bridgehead atoms. The van der Waals surface area contributed by atoms with Crippen LogP contribution in [0.4, 0.5) is 0 Å². The number of rotatable bonds is 6. The van der Waals surface area contributed by atoms with E-state index in [9.17, 15) is 10.1 Å². The van der Waals surface area contributed by atoms with Gasteiger partial charge in [0.1, 0.15) is 0 Å². The van der Waals surface area contributed by atoms with E-state index in [4.69, 9.17) is 0 Å². The Labute approximate surface area is 207 Å². The van der Waals surface area contributed by atoms with Crippen LogP contribution in [0.2, 0.25) is 0 Å². The first-order valence-corrected chi connectivity index (χ1v) is 11.9. The van der Waals surface area contributed by atoms with Gasteiger partial charge in [-0.3, -0.25) is 14.7 Å². The molecule has 0 aliphatic carbocycles. The van der Waals surface area contributed by atoms with Crippen LogP contribution < -0.4 is 5.32 Å². The SMILES string of the molecule is CCc1ccc(-c2ccc(C#CCNC(=O)c3ccc(CN4CCN(C)CC4)cc3)cn2)n1C#N. The summed E-state index contributed by atoms with van der Waals surface area (Å²) in [6, 6.07) is 15.4. The van der Waals surface area contributed by atoms with Crippen LogP contribution >= 0.6 is 0 Å². The average Bonchev–Trinajstić information content (AvgIpc) is 3.32. The molecule has 3 aromatic rings. The van der Waals surface area contributed by atoms with Crippen LogP contribution in [0.3, 0.4) is 0 Å². The summed E-state index contributed by atoms with van der Waals surface area (Å²) in [6.45, 7) is 7.51. The topological polar surface area (TPSA) is 77.2 Å². The molecule has 3 heterocycles. The molecular formula is C28H30N6O. The average molecular weight is 467 g/mol. The summed E-state index contributed by atoms with van der Waals surface area (Å²) >= 11 is 0. The van der Waals surface area contributed by atoms with E-state index in [1.54, 1.807) is 10.8 Å². The van der Waals surface area contributed by atoms with Crippen LogP contribution in [0.15, 0.2) is 54.7 Å². The first kappa shape index (κ1) is 24.2. The van der Waals surface area contributed by atoms with Crippen LogP contribution in [-0.2, 0) is 13.0 Å². The summed E-state index contributed by atoms with van der Waals surface area (Å²) in [6.07, 6.45) is 4.67. The van der Waals surface area contributed by atoms with Gasteiger partial charge in [-0.15, -0.1) is 0 Å². The molecule has 0 unspecified atom stereocenters. The molecule has 1 saturated heterocycles. The third-order valence-electron chi connectivity index (χ3n) is 6.24. The number of aryl methyl sites for hydroxylation is 1. The van der Waals surface area contributed by atoms with Gasteiger partial charge in [0.05, 0.1) is 17.9 Å². The molecule has 1 N–H and O–H groups in total. The summed E-state index contributed by atoms with van der Waals surface area (Å²) < 4.78 is 1.60. The van der Waals surface area contributed by atoms with E-state index < -0.39 is 0 Å². The van der Waals surface area contributed by atoms with Gasteiger partial charge in [-0.1, -0.05) is 30.9 Å². The van der Waals surface area contributed by atoms with Crippen molar-refractivity contribution in [1.82, 2.24) is 24.7 Å². The van der Waals surface area contributed by atoms with Gasteiger partial charge in [-0.25, -0.2) is 4.57 Å². The minimum absolute atomic E-state index is 0.136. The van der Waals surface area contributed by atoms with E-state index in [0.29, 0.717) is 5.56 Å². The summed E-state index contributed by atoms with van der Waals surface area (Å²) in [7, 11) is 2.15. The molecular weight excluding hydrogens is 436 g/mol. The van der Waals surface area contributed by atoms with Gasteiger partial charge in [0.25, 0.3) is 5.91 Å². The quantitative estimate of drug-likeness (QED) is 0.565. The molecule has 0 atom stereocenters. The number of carbonyl (C=O) groups is 1. The van der Waals surface area contributed by atoms with E-state index >= 15 is 0 Å². The van der Waals surface area contributed by atoms with Crippen molar-refractivity contribution in [1.29, 1.82) is 5.26 Å². The van der Waals surface area contributed by atoms with E-state index in [2.05, 4.69) is 45.2 Å². The number of pyridine rings is 1. The number of aromatic nitrogens is 2. The molecule has 1 aromatic carbocycles. The van der Waals surface area contributed by atoms with E-state index in [0.717, 1.165) is 61.8 Å². The fourth-order valence-electron chi connectivity index (χ4n) is 4.09. The molecule has 1 amide bonds. The monoisotopic (exact) mass is 466 g/mol. The highest BCUT2D eigenvalue weighted by Gasteiger charge is 2.14. The number of nitrogens with one attached hydrogen (secondary N) is 1. The predicted octanol–water partition coefficient (Wildman–Crippen LogP) is 2.97. The molecule has 1 aliphatic rings. The number of nitriles is 1. The molecule has 0 spiro atoms. The van der Waals surface area contributed by atoms with E-state index in [1.165, 1.54) is 5.56 Å². The molecule has 35 heavy (non-hydrogen) atoms. The van der Waals surface area contributed by atoms with Gasteiger partial charge < -0.3 is 10.2 Å². The number of hydrogen-bond donors (Lipinski definition) is 1. The first-order valence-electron chi connectivity index (χ1n) is 11.9. The second kappa shape index (κ2) is 11.5. The summed E-state index contributed by atoms with van der Waals surface area (Å²) in [4.78, 5) is 21.7. The summed E-state index contributed by atoms with van der Waals surface area (Å²) in [5.74, 6) is 5.87. The number of likely N-dealkylation sites (N-methyl/N-ethyl adjacent to an activating group) is 1. The Morgan fingerprint density at radius 1 is 1.06 bits per heavy atom. The zero-order valence-electron chi connectivity index (χ0n) is 20.3. The second-order valence-corrected chi connectivity index (χ2v) is 8.69. The Morgan fingerprint density at radius 3 is 2.49 bits per heavy atom. The highest BCUT2D eigenvalue weighted by molar-refractivity contribution is 5.94. The lowest BCUT2D eigenvalue weighted by atomic mass is 10.1. The number of piperazine rings is 1. The lowest BCUT2D eigenvalue weighted by Gasteiger charge is -2.32. The maximum atomic E-state index is 12.4. The van der Waals surface area contributed by atoms with Crippen LogP contribution in [-0.4, -0.2) is 65.0 Å². The maximum absolute atomic E-state index is 12.4. The first-order chi connectivity index (χ1) is 17.1. The highest BCUT2D eigenvalue weighted by atomic mass is 16.1. The molecule has 2 aromatic heterocycles. The molecule has 4 rings (SSSR count). The zero-order chi connectivity index (χ0) is 24.6. The molecule has 7 nitrogen and oxygen atoms in total. The highest BCUT2D eigenvalue weighted by Crippen LogP contribution is 2.20. The van der Waals surface area contributed by atoms with Crippen molar-refractivity contribution in [3.8, 4) is 29.4 Å². The number of nitrogens with zero attached hydrogens (tertiary/aromatic N) is 5. The van der Waals surface area contributed by atoms with E-state index in [-0.39, 0.29) is 12.5 Å². The Hall–Kier alpha value is -3.91. The maximum Gasteiger partial charge on any atom is 0.252 e. The standard InChI is InChI=1S/C28H30N6O/c1-3-25-11-13-27(34(25)21-29)26-12-8-22(19-31-26)5-4-14-30-28(35)24-9-6-23(7-10-24)20-33-17-15-32(2)16-18-33/h6-13,19H,3,14-18,20H2,1-2H3,(H,30,35). The van der Waals surface area contributed by atoms with Crippen molar-refractivity contribution < 1.29 is 4.79 Å². The number of amides is 1. The van der Waals surface area contributed by atoms with Crippen molar-refractivity contribution in [2.75, 3.05) is 39.8 Å². The number of benzene rings is 1. The minimum atomic E-state index is -0.136. The van der Waals surface area contributed by atoms with Crippen LogP contribution in [0, 0.1) is 23.3 Å². The van der Waals surface area contributed by atoms with Crippen molar-refractivity contribution in [2.45, 2.75) is 19.9 Å². The molecule has 7 heteroatoms. The molecule has 178 valence electrons. The van der Waals surface area contributed by atoms with Crippen LogP contribution in [0.5, 0.6) is 0 Å². The predicted molar refractivity (Wildman–Crippen MR) is 136 cm³/mol. The molecule has 0 radical (unpaired) electrons. The molecule has 0 saturated carbocycles. The number of carbonyl (C=O) groups excluding carboxylic acids is 1. The fourth-order valence-corrected chi connectivity index (χ4v) is 4.09. The largest absolute Gasteiger partial charge is 0.341 e. The van der Waals surface area contributed by atoms with Gasteiger partial charge in [0.15, 0.2) is 6.19 Å². The van der Waals surface area contributed by atoms with Crippen molar-refractivity contribution in [3.05, 3.63) is 77.1 Å². The van der Waals surface area contributed by atoms with Crippen LogP contribution in [0.1, 0.15) is 34.1 Å². The van der Waals surface area contributed by atoms with Gasteiger partial charge in [-0.2, -0.15) is 5.26 Å². The lowest BCUT2D eigenvalue weighted by Crippen LogP contribution is -2.43. The Morgan fingerprint density at radius 2 is 1.83 bits per heavy atom. The second-order valence-electron chi connectivity index (χ2n) is 8.69. The van der Waals surface area contributed by atoms with Gasteiger partial charge >= 0.3 is 0 Å². The van der Waals surface area contributed by atoms with Gasteiger partial charge in [0.2, 0.25) is 0 Å². The fraction of sp³-hybridized carbons (Fsp3) is 0.321. The van der Waals surface area contributed by atoms with Gasteiger partial charge in [-0.05, 0) is 55.4 Å². The Balaban J connectivity index is 1.28. The smallest absolute Gasteiger partial charge is 0.252 e. The normalized spacial score (nSPS) is 14.1. The third kappa shape index (κ3) is 6.16. The van der Waals surface area contributed by atoms with Crippen LogP contribution in [0.25, 0.3) is 11.4 Å². The summed E-state index contributed by atoms with van der Waals surface area (Å²) in [5.41, 5.74) is 5.05. The van der Waals surface area contributed by atoms with Crippen molar-refractivity contribution >= 4 is 5.91 Å². The number of hydrogen-bond acceptors (Lipinski definition) is 5.